The molecule has 0 bridgehead atoms. The van der Waals surface area contributed by atoms with Crippen LogP contribution in [0.5, 0.6) is 5.88 Å². The molecule has 2 N–H and O–H groups in total. The topological polar surface area (TPSA) is 103 Å². The summed E-state index contributed by atoms with van der Waals surface area (Å²) in [4.78, 5) is 32.7. The van der Waals surface area contributed by atoms with Gasteiger partial charge in [-0.2, -0.15) is 0 Å². The summed E-state index contributed by atoms with van der Waals surface area (Å²) in [5, 5.41) is 20.2. The molecule has 1 aliphatic carbocycles. The van der Waals surface area contributed by atoms with Crippen LogP contribution in [0.15, 0.2) is 12.3 Å². The monoisotopic (exact) mass is 443 g/mol. The Bertz CT molecular complexity index is 916. The number of aliphatic hydroxyl groups is 2. The Morgan fingerprint density at radius 2 is 2.12 bits per heavy atom. The van der Waals surface area contributed by atoms with Crippen molar-refractivity contribution in [3.63, 3.8) is 0 Å². The van der Waals surface area contributed by atoms with E-state index < -0.39 is 11.6 Å². The maximum absolute atomic E-state index is 13.4. The van der Waals surface area contributed by atoms with Crippen LogP contribution in [0.25, 0.3) is 0 Å². The number of carbonyl (C=O) groups excluding carboxylic acids is 2. The highest BCUT2D eigenvalue weighted by molar-refractivity contribution is 5.97. The van der Waals surface area contributed by atoms with Crippen molar-refractivity contribution >= 4 is 11.8 Å². The Morgan fingerprint density at radius 3 is 2.75 bits per heavy atom. The van der Waals surface area contributed by atoms with Gasteiger partial charge in [-0.25, -0.2) is 4.98 Å². The highest BCUT2D eigenvalue weighted by Crippen LogP contribution is 2.30. The summed E-state index contributed by atoms with van der Waals surface area (Å²) in [5.41, 5.74) is -0.207. The lowest BCUT2D eigenvalue weighted by Gasteiger charge is -2.37. The van der Waals surface area contributed by atoms with Gasteiger partial charge in [0.05, 0.1) is 19.2 Å². The van der Waals surface area contributed by atoms with E-state index in [1.807, 2.05) is 6.92 Å². The van der Waals surface area contributed by atoms with Gasteiger partial charge in [0.1, 0.15) is 17.3 Å². The van der Waals surface area contributed by atoms with Gasteiger partial charge in [-0.3, -0.25) is 9.59 Å². The second kappa shape index (κ2) is 9.88. The minimum absolute atomic E-state index is 0.0804. The van der Waals surface area contributed by atoms with Crippen LogP contribution in [0.3, 0.4) is 0 Å². The lowest BCUT2D eigenvalue weighted by Crippen LogP contribution is -2.50. The van der Waals surface area contributed by atoms with E-state index >= 15 is 0 Å². The summed E-state index contributed by atoms with van der Waals surface area (Å²) in [5.74, 6) is 5.62. The third-order valence-corrected chi connectivity index (χ3v) is 6.38. The molecule has 0 unspecified atom stereocenters. The SMILES string of the molecule is CC(=O)N(C)C[C@@H]1Oc2ncc(C#CC3(O)CCCC3)cc2C(=O)N([C@@H](C)CO)C[C@H]1C. The second-order valence-corrected chi connectivity index (χ2v) is 9.09. The lowest BCUT2D eigenvalue weighted by molar-refractivity contribution is -0.129. The van der Waals surface area contributed by atoms with Gasteiger partial charge >= 0.3 is 0 Å². The summed E-state index contributed by atoms with van der Waals surface area (Å²) in [7, 11) is 1.71. The average Bonchev–Trinajstić information content (AvgIpc) is 3.20. The number of likely N-dealkylation sites (N-methyl/N-ethyl adjacent to an activating group) is 1. The number of pyridine rings is 1. The molecule has 0 radical (unpaired) electrons. The fourth-order valence-electron chi connectivity index (χ4n) is 4.06. The molecular formula is C24H33N3O5. The largest absolute Gasteiger partial charge is 0.472 e. The van der Waals surface area contributed by atoms with Gasteiger partial charge in [0, 0.05) is 38.2 Å². The second-order valence-electron chi connectivity index (χ2n) is 9.09. The van der Waals surface area contributed by atoms with E-state index in [1.54, 1.807) is 29.8 Å². The Balaban J connectivity index is 1.98. The van der Waals surface area contributed by atoms with E-state index in [-0.39, 0.29) is 41.9 Å². The zero-order valence-corrected chi connectivity index (χ0v) is 19.3. The predicted molar refractivity (Wildman–Crippen MR) is 119 cm³/mol. The molecule has 3 rings (SSSR count). The van der Waals surface area contributed by atoms with E-state index in [2.05, 4.69) is 16.8 Å². The van der Waals surface area contributed by atoms with Gasteiger partial charge in [0.25, 0.3) is 5.91 Å². The van der Waals surface area contributed by atoms with Crippen molar-refractivity contribution in [1.29, 1.82) is 0 Å². The molecule has 3 atom stereocenters. The number of ether oxygens (including phenoxy) is 1. The van der Waals surface area contributed by atoms with E-state index in [1.165, 1.54) is 13.1 Å². The quantitative estimate of drug-likeness (QED) is 0.683. The number of aromatic nitrogens is 1. The van der Waals surface area contributed by atoms with Crippen molar-refractivity contribution in [1.82, 2.24) is 14.8 Å². The van der Waals surface area contributed by atoms with Crippen molar-refractivity contribution in [2.24, 2.45) is 5.92 Å². The molecule has 8 nitrogen and oxygen atoms in total. The maximum atomic E-state index is 13.4. The van der Waals surface area contributed by atoms with Crippen molar-refractivity contribution < 1.29 is 24.5 Å². The minimum atomic E-state index is -0.986. The first-order valence-corrected chi connectivity index (χ1v) is 11.2. The Kier molecular flexibility index (Phi) is 7.42. The van der Waals surface area contributed by atoms with E-state index in [0.717, 1.165) is 12.8 Å². The fourth-order valence-corrected chi connectivity index (χ4v) is 4.06. The standard InChI is InChI=1S/C24H33N3O5/c1-16-13-27(17(2)15-28)23(30)20-11-19(7-10-24(31)8-5-6-9-24)12-25-22(20)32-21(16)14-26(4)18(3)29/h11-12,16-17,21,28,31H,5-6,8-9,13-15H2,1-4H3/t16-,17+,21+/m1/s1. The molecule has 174 valence electrons. The van der Waals surface area contributed by atoms with Crippen LogP contribution in [0.4, 0.5) is 0 Å². The molecule has 1 fully saturated rings. The normalized spacial score (nSPS) is 23.2. The Hall–Kier alpha value is -2.63. The molecule has 1 aromatic heterocycles. The van der Waals surface area contributed by atoms with Crippen LogP contribution in [-0.2, 0) is 4.79 Å². The van der Waals surface area contributed by atoms with E-state index in [0.29, 0.717) is 31.5 Å². The summed E-state index contributed by atoms with van der Waals surface area (Å²) in [6, 6.07) is 1.24. The molecule has 2 aliphatic rings. The van der Waals surface area contributed by atoms with Crippen LogP contribution in [0.2, 0.25) is 0 Å². The molecule has 0 aromatic carbocycles. The third kappa shape index (κ3) is 5.40. The smallest absolute Gasteiger partial charge is 0.259 e. The number of hydrogen-bond acceptors (Lipinski definition) is 6. The lowest BCUT2D eigenvalue weighted by atomic mass is 9.99. The molecule has 1 saturated carbocycles. The highest BCUT2D eigenvalue weighted by atomic mass is 16.5. The number of hydrogen-bond donors (Lipinski definition) is 2. The molecule has 2 amide bonds. The van der Waals surface area contributed by atoms with Crippen molar-refractivity contribution in [3.05, 3.63) is 23.4 Å². The van der Waals surface area contributed by atoms with Crippen molar-refractivity contribution in [3.8, 4) is 17.7 Å². The molecule has 0 saturated heterocycles. The first-order chi connectivity index (χ1) is 15.1. The van der Waals surface area contributed by atoms with Gasteiger partial charge < -0.3 is 24.7 Å². The Labute approximate surface area is 189 Å². The third-order valence-electron chi connectivity index (χ3n) is 6.38. The highest BCUT2D eigenvalue weighted by Gasteiger charge is 2.34. The van der Waals surface area contributed by atoms with E-state index in [9.17, 15) is 19.8 Å². The Morgan fingerprint density at radius 1 is 1.44 bits per heavy atom. The van der Waals surface area contributed by atoms with Crippen LogP contribution in [0, 0.1) is 17.8 Å². The number of aliphatic hydroxyl groups excluding tert-OH is 1. The molecule has 1 aromatic rings. The van der Waals surface area contributed by atoms with Gasteiger partial charge in [0.2, 0.25) is 11.8 Å². The van der Waals surface area contributed by atoms with Gasteiger partial charge in [-0.15, -0.1) is 0 Å². The van der Waals surface area contributed by atoms with Crippen LogP contribution in [-0.4, -0.2) is 81.3 Å². The zero-order valence-electron chi connectivity index (χ0n) is 19.3. The summed E-state index contributed by atoms with van der Waals surface area (Å²) < 4.78 is 6.14. The first kappa shape index (κ1) is 24.0. The number of carbonyl (C=O) groups is 2. The van der Waals surface area contributed by atoms with Crippen LogP contribution in [0.1, 0.15) is 62.4 Å². The molecule has 1 aliphatic heterocycles. The summed E-state index contributed by atoms with van der Waals surface area (Å²) >= 11 is 0. The zero-order chi connectivity index (χ0) is 23.5. The molecular weight excluding hydrogens is 410 g/mol. The maximum Gasteiger partial charge on any atom is 0.259 e. The number of nitrogens with zero attached hydrogens (tertiary/aromatic N) is 3. The molecule has 8 heteroatoms. The fraction of sp³-hybridized carbons (Fsp3) is 0.625. The number of fused-ring (bicyclic) bond motifs is 1. The average molecular weight is 444 g/mol. The molecule has 2 heterocycles. The number of amides is 2. The van der Waals surface area contributed by atoms with Crippen molar-refractivity contribution in [2.75, 3.05) is 26.7 Å². The first-order valence-electron chi connectivity index (χ1n) is 11.2. The van der Waals surface area contributed by atoms with Crippen LogP contribution >= 0.6 is 0 Å². The van der Waals surface area contributed by atoms with E-state index in [4.69, 9.17) is 4.74 Å². The van der Waals surface area contributed by atoms with Gasteiger partial charge in [-0.05, 0) is 38.7 Å². The van der Waals surface area contributed by atoms with Crippen LogP contribution < -0.4 is 4.74 Å². The van der Waals surface area contributed by atoms with Gasteiger partial charge in [-0.1, -0.05) is 18.8 Å². The summed E-state index contributed by atoms with van der Waals surface area (Å²) in [6.45, 7) is 5.78. The minimum Gasteiger partial charge on any atom is -0.472 e. The molecule has 32 heavy (non-hydrogen) atoms. The van der Waals surface area contributed by atoms with Crippen molar-refractivity contribution in [2.45, 2.75) is 64.2 Å². The number of rotatable bonds is 4. The van der Waals surface area contributed by atoms with Gasteiger partial charge in [0.15, 0.2) is 0 Å². The molecule has 0 spiro atoms. The summed E-state index contributed by atoms with van der Waals surface area (Å²) in [6.07, 6.45) is 4.34. The predicted octanol–water partition coefficient (Wildman–Crippen LogP) is 1.44.